The van der Waals surface area contributed by atoms with Gasteiger partial charge in [-0.15, -0.1) is 5.10 Å². The topological polar surface area (TPSA) is 112 Å². The van der Waals surface area contributed by atoms with Crippen LogP contribution in [0.1, 0.15) is 47.1 Å². The molecule has 3 aromatic rings. The van der Waals surface area contributed by atoms with Crippen LogP contribution >= 0.6 is 0 Å². The Bertz CT molecular complexity index is 1470. The van der Waals surface area contributed by atoms with Gasteiger partial charge in [0.2, 0.25) is 5.91 Å². The molecule has 1 unspecified atom stereocenters. The third kappa shape index (κ3) is 5.65. The van der Waals surface area contributed by atoms with Gasteiger partial charge in [-0.3, -0.25) is 14.9 Å². The summed E-state index contributed by atoms with van der Waals surface area (Å²) in [6, 6.07) is 14.4. The van der Waals surface area contributed by atoms with E-state index in [-0.39, 0.29) is 18.3 Å². The van der Waals surface area contributed by atoms with E-state index in [0.29, 0.717) is 23.4 Å². The van der Waals surface area contributed by atoms with E-state index in [9.17, 15) is 14.4 Å². The number of aromatic nitrogens is 2. The van der Waals surface area contributed by atoms with Crippen LogP contribution in [0.2, 0.25) is 0 Å². The van der Waals surface area contributed by atoms with Crippen molar-refractivity contribution in [3.05, 3.63) is 83.8 Å². The largest absolute Gasteiger partial charge is 0.439 e. The Morgan fingerprint density at radius 3 is 2.48 bits per heavy atom. The van der Waals surface area contributed by atoms with Gasteiger partial charge in [0.25, 0.3) is 5.91 Å². The lowest BCUT2D eigenvalue weighted by Crippen LogP contribution is -2.44. The molecule has 1 saturated heterocycles. The molecule has 3 heterocycles. The van der Waals surface area contributed by atoms with Crippen molar-refractivity contribution in [1.82, 2.24) is 20.0 Å². The van der Waals surface area contributed by atoms with E-state index in [1.54, 1.807) is 17.0 Å². The van der Waals surface area contributed by atoms with E-state index < -0.39 is 18.0 Å². The number of nitrogens with zero attached hydrogens (tertiary/aromatic N) is 5. The number of amides is 2. The Morgan fingerprint density at radius 2 is 1.81 bits per heavy atom. The van der Waals surface area contributed by atoms with Gasteiger partial charge in [-0.05, 0) is 56.3 Å². The van der Waals surface area contributed by atoms with E-state index >= 15 is 0 Å². The standard InChI is InChI=1S/C31H37N7O4/c1-5-21-10-8-9-11-24(21)37(6-2)30(40)27-26-25(20-32-27)38(31(41)42-7-3)34-28(26)33-29(39)22-12-14-23(15-13-22)36-18-16-35(4)17-19-36/h7-15,27,32H,3,5-6,16-20H2,1-2,4H3,(H,33,34,39). The zero-order valence-corrected chi connectivity index (χ0v) is 24.3. The van der Waals surface area contributed by atoms with Crippen molar-refractivity contribution < 1.29 is 19.1 Å². The minimum atomic E-state index is -0.829. The second kappa shape index (κ2) is 12.6. The van der Waals surface area contributed by atoms with Crippen LogP contribution in [0.15, 0.2) is 61.4 Å². The number of carbonyl (C=O) groups is 3. The lowest BCUT2D eigenvalue weighted by Gasteiger charge is -2.34. The van der Waals surface area contributed by atoms with E-state index in [0.717, 1.165) is 60.5 Å². The fourth-order valence-corrected chi connectivity index (χ4v) is 5.56. The monoisotopic (exact) mass is 571 g/mol. The molecule has 0 aliphatic carbocycles. The van der Waals surface area contributed by atoms with Crippen LogP contribution in [0.5, 0.6) is 0 Å². The summed E-state index contributed by atoms with van der Waals surface area (Å²) in [4.78, 5) is 46.4. The highest BCUT2D eigenvalue weighted by atomic mass is 16.5. The van der Waals surface area contributed by atoms with Crippen molar-refractivity contribution in [2.24, 2.45) is 0 Å². The zero-order valence-electron chi connectivity index (χ0n) is 24.3. The molecule has 5 rings (SSSR count). The summed E-state index contributed by atoms with van der Waals surface area (Å²) in [5.74, 6) is -0.477. The molecule has 0 saturated carbocycles. The molecule has 220 valence electrons. The molecule has 1 aromatic heterocycles. The molecule has 1 atom stereocenters. The average molecular weight is 572 g/mol. The van der Waals surface area contributed by atoms with Crippen molar-refractivity contribution >= 4 is 35.1 Å². The number of rotatable bonds is 8. The minimum absolute atomic E-state index is 0.127. The van der Waals surface area contributed by atoms with Crippen molar-refractivity contribution in [1.29, 1.82) is 0 Å². The summed E-state index contributed by atoms with van der Waals surface area (Å²) in [5.41, 5.74) is 4.25. The maximum atomic E-state index is 14.0. The molecular weight excluding hydrogens is 534 g/mol. The number of ether oxygens (including phenoxy) is 1. The number of para-hydroxylation sites is 1. The van der Waals surface area contributed by atoms with Gasteiger partial charge >= 0.3 is 6.09 Å². The summed E-state index contributed by atoms with van der Waals surface area (Å²) in [7, 11) is 2.11. The highest BCUT2D eigenvalue weighted by Gasteiger charge is 2.39. The molecular formula is C31H37N7O4. The molecule has 2 aromatic carbocycles. The molecule has 42 heavy (non-hydrogen) atoms. The zero-order chi connectivity index (χ0) is 29.8. The van der Waals surface area contributed by atoms with Gasteiger partial charge in [0.1, 0.15) is 6.04 Å². The Balaban J connectivity index is 1.43. The van der Waals surface area contributed by atoms with Crippen LogP contribution in [0, 0.1) is 0 Å². The number of hydrogen-bond donors (Lipinski definition) is 2. The van der Waals surface area contributed by atoms with Crippen LogP contribution in [0.25, 0.3) is 0 Å². The molecule has 11 nitrogen and oxygen atoms in total. The number of piperazine rings is 1. The fraction of sp³-hybridized carbons (Fsp3) is 0.355. The first-order chi connectivity index (χ1) is 20.4. The van der Waals surface area contributed by atoms with Gasteiger partial charge in [-0.2, -0.15) is 4.68 Å². The fourth-order valence-electron chi connectivity index (χ4n) is 5.56. The summed E-state index contributed by atoms with van der Waals surface area (Å²) >= 11 is 0. The van der Waals surface area contributed by atoms with Crippen molar-refractivity contribution in [3.63, 3.8) is 0 Å². The molecule has 1 fully saturated rings. The Labute approximate surface area is 245 Å². The number of aryl methyl sites for hydroxylation is 1. The second-order valence-corrected chi connectivity index (χ2v) is 10.3. The third-order valence-corrected chi connectivity index (χ3v) is 7.86. The van der Waals surface area contributed by atoms with Gasteiger partial charge < -0.3 is 24.8 Å². The number of carbonyl (C=O) groups excluding carboxylic acids is 3. The number of anilines is 3. The highest BCUT2D eigenvalue weighted by molar-refractivity contribution is 6.06. The molecule has 0 radical (unpaired) electrons. The Morgan fingerprint density at radius 1 is 1.10 bits per heavy atom. The van der Waals surface area contributed by atoms with Crippen LogP contribution in [-0.2, 0) is 22.5 Å². The molecule has 11 heteroatoms. The number of benzene rings is 2. The van der Waals surface area contributed by atoms with Crippen molar-refractivity contribution in [2.75, 3.05) is 54.9 Å². The number of likely N-dealkylation sites (N-methyl/N-ethyl adjacent to an activating group) is 2. The smallest absolute Gasteiger partial charge is 0.417 e. The van der Waals surface area contributed by atoms with Gasteiger partial charge in [0.15, 0.2) is 5.82 Å². The van der Waals surface area contributed by atoms with Gasteiger partial charge in [0, 0.05) is 61.8 Å². The van der Waals surface area contributed by atoms with Crippen LogP contribution in [-0.4, -0.2) is 72.4 Å². The first-order valence-corrected chi connectivity index (χ1v) is 14.3. The number of hydrogen-bond acceptors (Lipinski definition) is 8. The molecule has 2 amide bonds. The molecule has 2 N–H and O–H groups in total. The van der Waals surface area contributed by atoms with Gasteiger partial charge in [-0.1, -0.05) is 31.7 Å². The summed E-state index contributed by atoms with van der Waals surface area (Å²) in [5, 5.41) is 10.4. The number of nitrogens with one attached hydrogen (secondary N) is 2. The molecule has 0 bridgehead atoms. The van der Waals surface area contributed by atoms with E-state index in [1.807, 2.05) is 50.2 Å². The summed E-state index contributed by atoms with van der Waals surface area (Å²) in [6.45, 7) is 11.9. The lowest BCUT2D eigenvalue weighted by molar-refractivity contribution is -0.120. The molecule has 2 aliphatic heterocycles. The van der Waals surface area contributed by atoms with E-state index in [4.69, 9.17) is 4.74 Å². The highest BCUT2D eigenvalue weighted by Crippen LogP contribution is 2.35. The first-order valence-electron chi connectivity index (χ1n) is 14.3. The van der Waals surface area contributed by atoms with Crippen LogP contribution < -0.4 is 20.4 Å². The van der Waals surface area contributed by atoms with Gasteiger partial charge in [0.05, 0.1) is 12.0 Å². The molecule has 0 spiro atoms. The van der Waals surface area contributed by atoms with E-state index in [2.05, 4.69) is 39.2 Å². The first kappa shape index (κ1) is 29.0. The third-order valence-electron chi connectivity index (χ3n) is 7.86. The number of fused-ring (bicyclic) bond motifs is 1. The normalized spacial score (nSPS) is 16.5. The average Bonchev–Trinajstić information content (AvgIpc) is 3.60. The van der Waals surface area contributed by atoms with Crippen LogP contribution in [0.3, 0.4) is 0 Å². The minimum Gasteiger partial charge on any atom is -0.417 e. The van der Waals surface area contributed by atoms with Crippen molar-refractivity contribution in [3.8, 4) is 0 Å². The van der Waals surface area contributed by atoms with Crippen LogP contribution in [0.4, 0.5) is 22.0 Å². The summed E-state index contributed by atoms with van der Waals surface area (Å²) in [6.07, 6.45) is 1.00. The maximum Gasteiger partial charge on any atom is 0.439 e. The van der Waals surface area contributed by atoms with Crippen molar-refractivity contribution in [2.45, 2.75) is 32.9 Å². The lowest BCUT2D eigenvalue weighted by atomic mass is 10.1. The Kier molecular flexibility index (Phi) is 8.69. The second-order valence-electron chi connectivity index (χ2n) is 10.3. The predicted molar refractivity (Wildman–Crippen MR) is 162 cm³/mol. The van der Waals surface area contributed by atoms with E-state index in [1.165, 1.54) is 0 Å². The Hall–Kier alpha value is -4.48. The predicted octanol–water partition coefficient (Wildman–Crippen LogP) is 3.78. The molecule has 2 aliphatic rings. The van der Waals surface area contributed by atoms with Gasteiger partial charge in [-0.25, -0.2) is 4.79 Å². The summed E-state index contributed by atoms with van der Waals surface area (Å²) < 4.78 is 6.05. The SMILES string of the molecule is C=COC(=O)n1nc(NC(=O)c2ccc(N3CCN(C)CC3)cc2)c2c1CNC2C(=O)N(CC)c1ccccc1CC. The quantitative estimate of drug-likeness (QED) is 0.393. The maximum absolute atomic E-state index is 14.0.